The molecule has 0 N–H and O–H groups in total. The van der Waals surface area contributed by atoms with Crippen LogP contribution in [0.5, 0.6) is 17.2 Å². The van der Waals surface area contributed by atoms with Crippen molar-refractivity contribution in [1.29, 1.82) is 0 Å². The molecule has 1 aliphatic rings. The molecule has 0 bridgehead atoms. The lowest BCUT2D eigenvalue weighted by atomic mass is 10.1. The molecule has 0 unspecified atom stereocenters. The number of nitro benzene ring substituents is 1. The Kier molecular flexibility index (Phi) is 4.86. The van der Waals surface area contributed by atoms with E-state index in [4.69, 9.17) is 14.2 Å². The van der Waals surface area contributed by atoms with Crippen molar-refractivity contribution in [3.8, 4) is 17.2 Å². The Labute approximate surface area is 160 Å². The van der Waals surface area contributed by atoms with Gasteiger partial charge < -0.3 is 14.2 Å². The Morgan fingerprint density at radius 1 is 1.00 bits per heavy atom. The fourth-order valence-electron chi connectivity index (χ4n) is 2.92. The van der Waals surface area contributed by atoms with Crippen molar-refractivity contribution in [3.63, 3.8) is 0 Å². The average molecular weight is 408 g/mol. The van der Waals surface area contributed by atoms with E-state index in [-0.39, 0.29) is 39.0 Å². The predicted octanol–water partition coefficient (Wildman–Crippen LogP) is 1.97. The van der Waals surface area contributed by atoms with E-state index in [0.717, 1.165) is 0 Å². The minimum Gasteiger partial charge on any atom is -0.496 e. The quantitative estimate of drug-likeness (QED) is 0.525. The number of amides is 1. The third-order valence-electron chi connectivity index (χ3n) is 4.30. The van der Waals surface area contributed by atoms with E-state index in [1.165, 1.54) is 51.7 Å². The van der Waals surface area contributed by atoms with Crippen LogP contribution in [0, 0.1) is 10.1 Å². The molecule has 0 atom stereocenters. The van der Waals surface area contributed by atoms with Gasteiger partial charge in [-0.25, -0.2) is 12.7 Å². The summed E-state index contributed by atoms with van der Waals surface area (Å²) in [7, 11) is -0.132. The fraction of sp³-hybridized carbons (Fsp3) is 0.235. The summed E-state index contributed by atoms with van der Waals surface area (Å²) < 4.78 is 41.9. The second-order valence-corrected chi connectivity index (χ2v) is 7.60. The largest absolute Gasteiger partial charge is 0.496 e. The number of ether oxygens (including phenoxy) is 3. The van der Waals surface area contributed by atoms with Gasteiger partial charge in [-0.2, -0.15) is 0 Å². The number of nitrogens with zero attached hydrogens (tertiary/aromatic N) is 2. The molecular formula is C17H16N2O8S. The molecule has 0 spiro atoms. The second kappa shape index (κ2) is 7.00. The zero-order chi connectivity index (χ0) is 20.6. The Hall–Kier alpha value is -3.34. The normalized spacial score (nSPS) is 14.5. The van der Waals surface area contributed by atoms with Crippen molar-refractivity contribution in [2.24, 2.45) is 0 Å². The zero-order valence-electron chi connectivity index (χ0n) is 15.2. The summed E-state index contributed by atoms with van der Waals surface area (Å²) in [6, 6.07) is 6.25. The van der Waals surface area contributed by atoms with Gasteiger partial charge >= 0.3 is 0 Å². The van der Waals surface area contributed by atoms with E-state index in [2.05, 4.69) is 0 Å². The van der Waals surface area contributed by atoms with Crippen LogP contribution in [0.25, 0.3) is 0 Å². The van der Waals surface area contributed by atoms with Crippen LogP contribution in [-0.2, 0) is 16.6 Å². The van der Waals surface area contributed by atoms with E-state index < -0.39 is 27.4 Å². The number of nitro groups is 1. The fourth-order valence-corrected chi connectivity index (χ4v) is 4.46. The maximum atomic E-state index is 12.9. The van der Waals surface area contributed by atoms with Crippen LogP contribution in [0.4, 0.5) is 5.69 Å². The van der Waals surface area contributed by atoms with Gasteiger partial charge in [-0.15, -0.1) is 0 Å². The molecule has 11 heteroatoms. The summed E-state index contributed by atoms with van der Waals surface area (Å²) in [6.45, 7) is -0.425. The molecule has 10 nitrogen and oxygen atoms in total. The first-order chi connectivity index (χ1) is 13.2. The third kappa shape index (κ3) is 2.99. The molecule has 3 rings (SSSR count). The van der Waals surface area contributed by atoms with Gasteiger partial charge in [0.05, 0.1) is 38.4 Å². The van der Waals surface area contributed by atoms with E-state index >= 15 is 0 Å². The number of fused-ring (bicyclic) bond motifs is 1. The molecule has 1 aliphatic heterocycles. The summed E-state index contributed by atoms with van der Waals surface area (Å²) in [5.41, 5.74) is -0.136. The number of rotatable bonds is 6. The SMILES string of the molecule is COc1ccc([N+](=O)[O-])cc1CN1C(=O)c2cc(OC)c(OC)cc2S1(=O)=O. The molecule has 1 amide bonds. The Bertz CT molecular complexity index is 1080. The monoisotopic (exact) mass is 408 g/mol. The lowest BCUT2D eigenvalue weighted by Crippen LogP contribution is -2.29. The molecule has 2 aromatic rings. The standard InChI is InChI=1S/C17H16N2O8S/c1-25-13-5-4-11(19(21)22)6-10(13)9-18-17(20)12-7-14(26-2)15(27-3)8-16(12)28(18,23)24/h4-8H,9H2,1-3H3. The first kappa shape index (κ1) is 19.4. The summed E-state index contributed by atoms with van der Waals surface area (Å²) in [5, 5.41) is 11.0. The number of carbonyl (C=O) groups excluding carboxylic acids is 1. The van der Waals surface area contributed by atoms with Gasteiger partial charge in [-0.3, -0.25) is 14.9 Å². The zero-order valence-corrected chi connectivity index (χ0v) is 16.0. The molecule has 0 radical (unpaired) electrons. The molecule has 148 valence electrons. The molecule has 28 heavy (non-hydrogen) atoms. The number of benzene rings is 2. The molecule has 2 aromatic carbocycles. The maximum absolute atomic E-state index is 12.9. The Morgan fingerprint density at radius 2 is 1.61 bits per heavy atom. The van der Waals surface area contributed by atoms with E-state index in [1.807, 2.05) is 0 Å². The smallest absolute Gasteiger partial charge is 0.270 e. The van der Waals surface area contributed by atoms with Crippen molar-refractivity contribution in [2.75, 3.05) is 21.3 Å². The van der Waals surface area contributed by atoms with Crippen molar-refractivity contribution < 1.29 is 32.3 Å². The van der Waals surface area contributed by atoms with Crippen LogP contribution in [-0.4, -0.2) is 44.9 Å². The van der Waals surface area contributed by atoms with Gasteiger partial charge in [0.2, 0.25) is 0 Å². The number of methoxy groups -OCH3 is 3. The highest BCUT2D eigenvalue weighted by Gasteiger charge is 2.42. The molecule has 1 heterocycles. The maximum Gasteiger partial charge on any atom is 0.270 e. The van der Waals surface area contributed by atoms with Crippen LogP contribution in [0.3, 0.4) is 0 Å². The van der Waals surface area contributed by atoms with Gasteiger partial charge in [0.1, 0.15) is 10.6 Å². The van der Waals surface area contributed by atoms with Crippen LogP contribution in [0.1, 0.15) is 15.9 Å². The Morgan fingerprint density at radius 3 is 2.18 bits per heavy atom. The third-order valence-corrected chi connectivity index (χ3v) is 6.07. The number of non-ortho nitro benzene ring substituents is 1. The van der Waals surface area contributed by atoms with Crippen molar-refractivity contribution >= 4 is 21.6 Å². The van der Waals surface area contributed by atoms with Crippen molar-refractivity contribution in [3.05, 3.63) is 51.6 Å². The Balaban J connectivity index is 2.09. The molecule has 0 aromatic heterocycles. The second-order valence-electron chi connectivity index (χ2n) is 5.77. The summed E-state index contributed by atoms with van der Waals surface area (Å²) >= 11 is 0. The van der Waals surface area contributed by atoms with E-state index in [9.17, 15) is 23.3 Å². The van der Waals surface area contributed by atoms with Crippen molar-refractivity contribution in [1.82, 2.24) is 4.31 Å². The van der Waals surface area contributed by atoms with Gasteiger partial charge in [0, 0.05) is 23.8 Å². The highest BCUT2D eigenvalue weighted by atomic mass is 32.2. The lowest BCUT2D eigenvalue weighted by Gasteiger charge is -2.17. The topological polar surface area (TPSA) is 125 Å². The van der Waals surface area contributed by atoms with Gasteiger partial charge in [0.15, 0.2) is 11.5 Å². The lowest BCUT2D eigenvalue weighted by molar-refractivity contribution is -0.384. The first-order valence-corrected chi connectivity index (χ1v) is 9.33. The molecule has 0 saturated heterocycles. The first-order valence-electron chi connectivity index (χ1n) is 7.89. The van der Waals surface area contributed by atoms with Crippen molar-refractivity contribution in [2.45, 2.75) is 11.4 Å². The molecule has 0 aliphatic carbocycles. The minimum absolute atomic E-state index is 0.0675. The highest BCUT2D eigenvalue weighted by molar-refractivity contribution is 7.90. The summed E-state index contributed by atoms with van der Waals surface area (Å²) in [6.07, 6.45) is 0. The van der Waals surface area contributed by atoms with E-state index in [1.54, 1.807) is 0 Å². The number of hydrogen-bond acceptors (Lipinski definition) is 8. The minimum atomic E-state index is -4.19. The molecule has 0 saturated carbocycles. The van der Waals surface area contributed by atoms with Gasteiger partial charge in [-0.05, 0) is 12.1 Å². The number of hydrogen-bond donors (Lipinski definition) is 0. The van der Waals surface area contributed by atoms with Gasteiger partial charge in [-0.1, -0.05) is 0 Å². The van der Waals surface area contributed by atoms with Crippen LogP contribution < -0.4 is 14.2 Å². The van der Waals surface area contributed by atoms with Gasteiger partial charge in [0.25, 0.3) is 21.6 Å². The number of carbonyl (C=O) groups is 1. The molecular weight excluding hydrogens is 392 g/mol. The van der Waals surface area contributed by atoms with Crippen LogP contribution in [0.2, 0.25) is 0 Å². The van der Waals surface area contributed by atoms with E-state index in [0.29, 0.717) is 4.31 Å². The summed E-state index contributed by atoms with van der Waals surface area (Å²) in [4.78, 5) is 23.0. The summed E-state index contributed by atoms with van der Waals surface area (Å²) in [5.74, 6) is -0.184. The van der Waals surface area contributed by atoms with Crippen LogP contribution in [0.15, 0.2) is 35.2 Å². The highest BCUT2D eigenvalue weighted by Crippen LogP contribution is 2.40. The number of sulfonamides is 1. The predicted molar refractivity (Wildman–Crippen MR) is 96.3 cm³/mol. The average Bonchev–Trinajstić information content (AvgIpc) is 2.86. The van der Waals surface area contributed by atoms with Crippen LogP contribution >= 0.6 is 0 Å². The molecule has 0 fully saturated rings.